The summed E-state index contributed by atoms with van der Waals surface area (Å²) in [5.74, 6) is 0. The van der Waals surface area contributed by atoms with Crippen molar-refractivity contribution in [3.8, 4) is 0 Å². The van der Waals surface area contributed by atoms with Crippen LogP contribution < -0.4 is 9.13 Å². The topological polar surface area (TPSA) is 56.3 Å². The summed E-state index contributed by atoms with van der Waals surface area (Å²) in [6.07, 6.45) is 7.46. The van der Waals surface area contributed by atoms with Crippen LogP contribution in [0.4, 0.5) is 0 Å². The molecule has 0 bridgehead atoms. The minimum absolute atomic E-state index is 0.722. The van der Waals surface area contributed by atoms with Crippen molar-refractivity contribution >= 4 is 0 Å². The molecule has 3 heterocycles. The van der Waals surface area contributed by atoms with Gasteiger partial charge in [-0.05, 0) is 12.1 Å². The first kappa shape index (κ1) is 12.5. The minimum atomic E-state index is 0.722. The Morgan fingerprint density at radius 2 is 1.40 bits per heavy atom. The summed E-state index contributed by atoms with van der Waals surface area (Å²) in [5, 5.41) is 8.28. The standard InChI is InChI=1S/C13H17N7/c1-17-10-19(8-14-17)6-12-4-3-5-13(16-12)7-20-9-15-18(2)11-20/h3-5,8-11H,6-7H2,1-2H3/q+2. The normalized spacial score (nSPS) is 10.9. The van der Waals surface area contributed by atoms with Gasteiger partial charge >= 0.3 is 0 Å². The van der Waals surface area contributed by atoms with Crippen molar-refractivity contribution in [1.29, 1.82) is 0 Å². The van der Waals surface area contributed by atoms with Crippen LogP contribution in [0.1, 0.15) is 11.4 Å². The number of hydrogen-bond donors (Lipinski definition) is 0. The molecule has 0 saturated carbocycles. The fraction of sp³-hybridized carbons (Fsp3) is 0.308. The summed E-state index contributed by atoms with van der Waals surface area (Å²) in [6, 6.07) is 6.08. The molecule has 0 aliphatic carbocycles. The Hall–Kier alpha value is -2.57. The lowest BCUT2D eigenvalue weighted by molar-refractivity contribution is -0.691. The van der Waals surface area contributed by atoms with E-state index in [4.69, 9.17) is 0 Å². The van der Waals surface area contributed by atoms with E-state index >= 15 is 0 Å². The summed E-state index contributed by atoms with van der Waals surface area (Å²) in [6.45, 7) is 1.44. The van der Waals surface area contributed by atoms with Gasteiger partial charge < -0.3 is 0 Å². The van der Waals surface area contributed by atoms with Crippen LogP contribution in [0.3, 0.4) is 0 Å². The molecule has 7 heteroatoms. The van der Waals surface area contributed by atoms with Gasteiger partial charge in [0.2, 0.25) is 12.7 Å². The van der Waals surface area contributed by atoms with Crippen LogP contribution in [0, 0.1) is 0 Å². The molecule has 0 spiro atoms. The SMILES string of the molecule is Cn1c[n+](Cc2cccc(C[n+]3cnn(C)c3)n2)cn1. The third-order valence-electron chi connectivity index (χ3n) is 2.95. The van der Waals surface area contributed by atoms with E-state index in [0.29, 0.717) is 0 Å². The molecular formula is C13H17N7+2. The Bertz CT molecular complexity index is 655. The molecule has 3 aromatic heterocycles. The molecular weight excluding hydrogens is 254 g/mol. The van der Waals surface area contributed by atoms with E-state index in [1.807, 2.05) is 54.1 Å². The first-order valence-electron chi connectivity index (χ1n) is 6.39. The van der Waals surface area contributed by atoms with Crippen LogP contribution in [0.5, 0.6) is 0 Å². The van der Waals surface area contributed by atoms with Gasteiger partial charge in [-0.15, -0.1) is 9.36 Å². The highest BCUT2D eigenvalue weighted by atomic mass is 15.3. The first-order valence-corrected chi connectivity index (χ1v) is 6.39. The Labute approximate surface area is 116 Å². The van der Waals surface area contributed by atoms with E-state index in [9.17, 15) is 0 Å². The molecule has 0 aromatic carbocycles. The van der Waals surface area contributed by atoms with Gasteiger partial charge in [0.15, 0.2) is 0 Å². The fourth-order valence-corrected chi connectivity index (χ4v) is 2.09. The first-order chi connectivity index (χ1) is 9.69. The predicted octanol–water partition coefficient (Wildman–Crippen LogP) is -0.780. The highest BCUT2D eigenvalue weighted by molar-refractivity contribution is 5.09. The van der Waals surface area contributed by atoms with Crippen molar-refractivity contribution in [2.24, 2.45) is 14.1 Å². The zero-order valence-electron chi connectivity index (χ0n) is 11.6. The zero-order valence-corrected chi connectivity index (χ0v) is 11.6. The molecule has 3 rings (SSSR count). The second-order valence-electron chi connectivity index (χ2n) is 4.81. The molecule has 0 radical (unpaired) electrons. The van der Waals surface area contributed by atoms with E-state index in [2.05, 4.69) is 15.2 Å². The summed E-state index contributed by atoms with van der Waals surface area (Å²) in [7, 11) is 3.80. The van der Waals surface area contributed by atoms with Gasteiger partial charge in [0.1, 0.15) is 13.1 Å². The number of hydrogen-bond acceptors (Lipinski definition) is 3. The van der Waals surface area contributed by atoms with E-state index in [1.165, 1.54) is 0 Å². The second kappa shape index (κ2) is 5.20. The molecule has 0 atom stereocenters. The van der Waals surface area contributed by atoms with Crippen molar-refractivity contribution < 1.29 is 9.13 Å². The summed E-state index contributed by atoms with van der Waals surface area (Å²) in [4.78, 5) is 4.67. The van der Waals surface area contributed by atoms with Crippen LogP contribution in [-0.2, 0) is 27.2 Å². The van der Waals surface area contributed by atoms with E-state index in [0.717, 1.165) is 24.5 Å². The van der Waals surface area contributed by atoms with Gasteiger partial charge in [-0.3, -0.25) is 4.98 Å². The van der Waals surface area contributed by atoms with Crippen molar-refractivity contribution in [2.45, 2.75) is 13.1 Å². The van der Waals surface area contributed by atoms with Crippen LogP contribution in [0.25, 0.3) is 0 Å². The van der Waals surface area contributed by atoms with Gasteiger partial charge in [-0.2, -0.15) is 0 Å². The third kappa shape index (κ3) is 2.87. The molecule has 7 nitrogen and oxygen atoms in total. The summed E-state index contributed by atoms with van der Waals surface area (Å²) >= 11 is 0. The third-order valence-corrected chi connectivity index (χ3v) is 2.95. The maximum Gasteiger partial charge on any atom is 0.265 e. The van der Waals surface area contributed by atoms with Gasteiger partial charge in [0, 0.05) is 10.2 Å². The molecule has 0 aliphatic heterocycles. The van der Waals surface area contributed by atoms with Crippen LogP contribution in [0.2, 0.25) is 0 Å². The maximum atomic E-state index is 4.67. The van der Waals surface area contributed by atoms with E-state index in [1.54, 1.807) is 22.0 Å². The molecule has 0 amide bonds. The van der Waals surface area contributed by atoms with Crippen molar-refractivity contribution in [3.05, 3.63) is 54.9 Å². The monoisotopic (exact) mass is 271 g/mol. The number of pyridine rings is 1. The lowest BCUT2D eigenvalue weighted by atomic mass is 10.3. The highest BCUT2D eigenvalue weighted by Crippen LogP contribution is 1.99. The van der Waals surface area contributed by atoms with E-state index < -0.39 is 0 Å². The van der Waals surface area contributed by atoms with Crippen LogP contribution >= 0.6 is 0 Å². The van der Waals surface area contributed by atoms with Crippen LogP contribution in [-0.4, -0.2) is 24.5 Å². The molecule has 0 fully saturated rings. The van der Waals surface area contributed by atoms with E-state index in [-0.39, 0.29) is 0 Å². The Morgan fingerprint density at radius 3 is 1.80 bits per heavy atom. The average Bonchev–Trinajstić information content (AvgIpc) is 2.99. The Kier molecular flexibility index (Phi) is 3.24. The molecule has 3 aromatic rings. The number of rotatable bonds is 4. The predicted molar refractivity (Wildman–Crippen MR) is 69.2 cm³/mol. The number of aryl methyl sites for hydroxylation is 2. The minimum Gasteiger partial charge on any atom is -0.251 e. The van der Waals surface area contributed by atoms with Gasteiger partial charge in [0.25, 0.3) is 12.7 Å². The lowest BCUT2D eigenvalue weighted by Gasteiger charge is -2.01. The molecule has 102 valence electrons. The van der Waals surface area contributed by atoms with Gasteiger partial charge in [-0.1, -0.05) is 6.07 Å². The summed E-state index contributed by atoms with van der Waals surface area (Å²) in [5.41, 5.74) is 2.04. The lowest BCUT2D eigenvalue weighted by Crippen LogP contribution is -2.34. The maximum absolute atomic E-state index is 4.67. The summed E-state index contributed by atoms with van der Waals surface area (Å²) < 4.78 is 7.55. The molecule has 0 aliphatic rings. The van der Waals surface area contributed by atoms with Crippen molar-refractivity contribution in [2.75, 3.05) is 0 Å². The second-order valence-corrected chi connectivity index (χ2v) is 4.81. The Morgan fingerprint density at radius 1 is 0.900 bits per heavy atom. The zero-order chi connectivity index (χ0) is 13.9. The number of nitrogens with zero attached hydrogens (tertiary/aromatic N) is 7. The van der Waals surface area contributed by atoms with Crippen molar-refractivity contribution in [3.63, 3.8) is 0 Å². The fourth-order valence-electron chi connectivity index (χ4n) is 2.09. The van der Waals surface area contributed by atoms with Crippen LogP contribution in [0.15, 0.2) is 43.5 Å². The number of aromatic nitrogens is 7. The molecule has 0 N–H and O–H groups in total. The molecule has 20 heavy (non-hydrogen) atoms. The quantitative estimate of drug-likeness (QED) is 0.585. The largest absolute Gasteiger partial charge is 0.265 e. The van der Waals surface area contributed by atoms with Gasteiger partial charge in [-0.25, -0.2) is 9.13 Å². The van der Waals surface area contributed by atoms with Crippen molar-refractivity contribution in [1.82, 2.24) is 24.5 Å². The smallest absolute Gasteiger partial charge is 0.251 e. The highest BCUT2D eigenvalue weighted by Gasteiger charge is 2.07. The Balaban J connectivity index is 1.75. The van der Waals surface area contributed by atoms with Gasteiger partial charge in [0.05, 0.1) is 25.5 Å². The molecule has 0 saturated heterocycles. The average molecular weight is 271 g/mol. The molecule has 0 unspecified atom stereocenters.